The first-order valence-electron chi connectivity index (χ1n) is 5.42. The molecule has 1 aromatic heterocycles. The molecule has 84 valence electrons. The second-order valence-corrected chi connectivity index (χ2v) is 5.09. The molecule has 0 radical (unpaired) electrons. The molecule has 0 fully saturated rings. The summed E-state index contributed by atoms with van der Waals surface area (Å²) >= 11 is 1.86. The van der Waals surface area contributed by atoms with Crippen LogP contribution >= 0.6 is 11.8 Å². The van der Waals surface area contributed by atoms with Gasteiger partial charge in [0.15, 0.2) is 0 Å². The van der Waals surface area contributed by atoms with Gasteiger partial charge in [0.25, 0.3) is 0 Å². The highest BCUT2D eigenvalue weighted by atomic mass is 32.2. The van der Waals surface area contributed by atoms with Crippen molar-refractivity contribution in [2.45, 2.75) is 12.2 Å². The van der Waals surface area contributed by atoms with Gasteiger partial charge >= 0.3 is 0 Å². The lowest BCUT2D eigenvalue weighted by Gasteiger charge is -2.10. The molecule has 1 unspecified atom stereocenters. The summed E-state index contributed by atoms with van der Waals surface area (Å²) in [6.45, 7) is 3.16. The Morgan fingerprint density at radius 3 is 2.88 bits per heavy atom. The van der Waals surface area contributed by atoms with E-state index in [1.54, 1.807) is 0 Å². The molecule has 1 aromatic carbocycles. The number of hydrogen-bond acceptors (Lipinski definition) is 3. The lowest BCUT2D eigenvalue weighted by molar-refractivity contribution is 0.994. The number of hydrogen-bond donors (Lipinski definition) is 1. The van der Waals surface area contributed by atoms with Crippen LogP contribution in [-0.4, -0.2) is 23.0 Å². The van der Waals surface area contributed by atoms with E-state index in [0.717, 1.165) is 17.9 Å². The topological polar surface area (TPSA) is 24.9 Å². The number of anilines is 1. The smallest absolute Gasteiger partial charge is 0.126 e. The van der Waals surface area contributed by atoms with Gasteiger partial charge in [-0.15, -0.1) is 0 Å². The minimum Gasteiger partial charge on any atom is -0.369 e. The Labute approximate surface area is 100 Å². The Morgan fingerprint density at radius 1 is 1.25 bits per heavy atom. The zero-order valence-electron chi connectivity index (χ0n) is 9.60. The number of para-hydroxylation sites is 1. The van der Waals surface area contributed by atoms with Crippen LogP contribution in [0.2, 0.25) is 0 Å². The molecule has 0 bridgehead atoms. The molecule has 0 saturated heterocycles. The van der Waals surface area contributed by atoms with Crippen molar-refractivity contribution in [3.8, 4) is 0 Å². The molecule has 0 amide bonds. The molecular formula is C13H16N2S. The highest BCUT2D eigenvalue weighted by Crippen LogP contribution is 2.15. The van der Waals surface area contributed by atoms with Crippen molar-refractivity contribution in [1.82, 2.24) is 4.98 Å². The fourth-order valence-electron chi connectivity index (χ4n) is 1.50. The van der Waals surface area contributed by atoms with Gasteiger partial charge in [0.2, 0.25) is 0 Å². The van der Waals surface area contributed by atoms with Crippen molar-refractivity contribution in [3.05, 3.63) is 36.4 Å². The molecule has 0 aliphatic carbocycles. The van der Waals surface area contributed by atoms with Gasteiger partial charge in [0.1, 0.15) is 5.82 Å². The fourth-order valence-corrected chi connectivity index (χ4v) is 1.75. The van der Waals surface area contributed by atoms with Gasteiger partial charge in [-0.1, -0.05) is 25.1 Å². The van der Waals surface area contributed by atoms with E-state index in [1.165, 1.54) is 5.39 Å². The van der Waals surface area contributed by atoms with E-state index in [2.05, 4.69) is 35.6 Å². The molecule has 0 spiro atoms. The van der Waals surface area contributed by atoms with E-state index in [-0.39, 0.29) is 0 Å². The zero-order chi connectivity index (χ0) is 11.4. The summed E-state index contributed by atoms with van der Waals surface area (Å²) in [4.78, 5) is 4.56. The molecule has 1 atom stereocenters. The average Bonchev–Trinajstić information content (AvgIpc) is 2.35. The first kappa shape index (κ1) is 11.3. The highest BCUT2D eigenvalue weighted by Gasteiger charge is 2.00. The number of benzene rings is 1. The molecule has 0 saturated carbocycles. The largest absolute Gasteiger partial charge is 0.369 e. The van der Waals surface area contributed by atoms with Crippen molar-refractivity contribution in [2.24, 2.45) is 0 Å². The normalized spacial score (nSPS) is 12.6. The predicted octanol–water partition coefficient (Wildman–Crippen LogP) is 3.40. The maximum absolute atomic E-state index is 4.56. The van der Waals surface area contributed by atoms with Crippen LogP contribution < -0.4 is 5.32 Å². The zero-order valence-corrected chi connectivity index (χ0v) is 10.4. The van der Waals surface area contributed by atoms with E-state index in [0.29, 0.717) is 5.25 Å². The summed E-state index contributed by atoms with van der Waals surface area (Å²) in [5, 5.41) is 5.15. The lowest BCUT2D eigenvalue weighted by Crippen LogP contribution is -2.13. The number of aromatic nitrogens is 1. The maximum Gasteiger partial charge on any atom is 0.126 e. The third kappa shape index (κ3) is 2.67. The van der Waals surface area contributed by atoms with Crippen molar-refractivity contribution in [3.63, 3.8) is 0 Å². The Balaban J connectivity index is 2.13. The Kier molecular flexibility index (Phi) is 3.67. The number of rotatable bonds is 4. The Morgan fingerprint density at radius 2 is 2.06 bits per heavy atom. The minimum atomic E-state index is 0.605. The van der Waals surface area contributed by atoms with E-state index in [9.17, 15) is 0 Å². The highest BCUT2D eigenvalue weighted by molar-refractivity contribution is 7.99. The molecule has 16 heavy (non-hydrogen) atoms. The first-order chi connectivity index (χ1) is 7.79. The lowest BCUT2D eigenvalue weighted by atomic mass is 10.2. The molecule has 0 aliphatic rings. The van der Waals surface area contributed by atoms with Crippen LogP contribution in [0.3, 0.4) is 0 Å². The monoisotopic (exact) mass is 232 g/mol. The third-order valence-electron chi connectivity index (χ3n) is 2.57. The second kappa shape index (κ2) is 5.21. The van der Waals surface area contributed by atoms with Gasteiger partial charge in [-0.05, 0) is 24.5 Å². The summed E-state index contributed by atoms with van der Waals surface area (Å²) in [5.41, 5.74) is 1.05. The Hall–Kier alpha value is -1.22. The molecule has 1 N–H and O–H groups in total. The number of fused-ring (bicyclic) bond motifs is 1. The molecule has 2 rings (SSSR count). The summed E-state index contributed by atoms with van der Waals surface area (Å²) < 4.78 is 0. The van der Waals surface area contributed by atoms with E-state index < -0.39 is 0 Å². The number of thioether (sulfide) groups is 1. The van der Waals surface area contributed by atoms with Gasteiger partial charge in [0.05, 0.1) is 5.52 Å². The summed E-state index contributed by atoms with van der Waals surface area (Å²) in [6, 6.07) is 12.3. The van der Waals surface area contributed by atoms with Gasteiger partial charge in [-0.2, -0.15) is 11.8 Å². The molecular weight excluding hydrogens is 216 g/mol. The summed E-state index contributed by atoms with van der Waals surface area (Å²) in [5.74, 6) is 0.958. The van der Waals surface area contributed by atoms with Crippen molar-refractivity contribution in [1.29, 1.82) is 0 Å². The van der Waals surface area contributed by atoms with Crippen LogP contribution in [0.25, 0.3) is 10.9 Å². The third-order valence-corrected chi connectivity index (χ3v) is 3.54. The summed E-state index contributed by atoms with van der Waals surface area (Å²) in [6.07, 6.45) is 2.13. The first-order valence-corrected chi connectivity index (χ1v) is 6.71. The van der Waals surface area contributed by atoms with Crippen molar-refractivity contribution >= 4 is 28.5 Å². The average molecular weight is 232 g/mol. The van der Waals surface area contributed by atoms with Crippen molar-refractivity contribution < 1.29 is 0 Å². The standard InChI is InChI=1S/C13H16N2S/c1-10(16-2)9-14-13-8-7-11-5-3-4-6-12(11)15-13/h3-8,10H,9H2,1-2H3,(H,14,15). The van der Waals surface area contributed by atoms with Crippen LogP contribution in [-0.2, 0) is 0 Å². The second-order valence-electron chi connectivity index (χ2n) is 3.82. The van der Waals surface area contributed by atoms with Crippen LogP contribution in [0, 0.1) is 0 Å². The molecule has 2 nitrogen and oxygen atoms in total. The maximum atomic E-state index is 4.56. The summed E-state index contributed by atoms with van der Waals surface area (Å²) in [7, 11) is 0. The predicted molar refractivity (Wildman–Crippen MR) is 73.2 cm³/mol. The minimum absolute atomic E-state index is 0.605. The Bertz CT molecular complexity index is 470. The van der Waals surface area contributed by atoms with E-state index >= 15 is 0 Å². The van der Waals surface area contributed by atoms with Crippen LogP contribution in [0.4, 0.5) is 5.82 Å². The molecule has 1 heterocycles. The quantitative estimate of drug-likeness (QED) is 0.874. The molecule has 3 heteroatoms. The number of pyridine rings is 1. The van der Waals surface area contributed by atoms with E-state index in [1.807, 2.05) is 36.0 Å². The fraction of sp³-hybridized carbons (Fsp3) is 0.308. The molecule has 2 aromatic rings. The SMILES string of the molecule is CSC(C)CNc1ccc2ccccc2n1. The number of nitrogens with zero attached hydrogens (tertiary/aromatic N) is 1. The molecule has 0 aliphatic heterocycles. The van der Waals surface area contributed by atoms with E-state index in [4.69, 9.17) is 0 Å². The van der Waals surface area contributed by atoms with Crippen LogP contribution in [0.15, 0.2) is 36.4 Å². The van der Waals surface area contributed by atoms with Crippen molar-refractivity contribution in [2.75, 3.05) is 18.1 Å². The van der Waals surface area contributed by atoms with Gasteiger partial charge in [0, 0.05) is 17.2 Å². The number of nitrogens with one attached hydrogen (secondary N) is 1. The van der Waals surface area contributed by atoms with Crippen LogP contribution in [0.5, 0.6) is 0 Å². The van der Waals surface area contributed by atoms with Gasteiger partial charge in [-0.3, -0.25) is 0 Å². The van der Waals surface area contributed by atoms with Gasteiger partial charge < -0.3 is 5.32 Å². The van der Waals surface area contributed by atoms with Crippen LogP contribution in [0.1, 0.15) is 6.92 Å². The van der Waals surface area contributed by atoms with Gasteiger partial charge in [-0.25, -0.2) is 4.98 Å².